The lowest BCUT2D eigenvalue weighted by molar-refractivity contribution is -0.116. The second-order valence-electron chi connectivity index (χ2n) is 7.34. The van der Waals surface area contributed by atoms with Gasteiger partial charge in [0.1, 0.15) is 5.82 Å². The Morgan fingerprint density at radius 3 is 2.28 bits per heavy atom. The van der Waals surface area contributed by atoms with Crippen molar-refractivity contribution in [2.75, 3.05) is 5.32 Å². The van der Waals surface area contributed by atoms with Gasteiger partial charge in [-0.15, -0.1) is 0 Å². The van der Waals surface area contributed by atoms with Crippen LogP contribution in [-0.2, 0) is 11.3 Å². The van der Waals surface area contributed by atoms with Crippen LogP contribution in [0.3, 0.4) is 0 Å². The molecule has 0 bridgehead atoms. The second-order valence-corrected chi connectivity index (χ2v) is 7.34. The van der Waals surface area contributed by atoms with Gasteiger partial charge in [0.25, 0.3) is 0 Å². The summed E-state index contributed by atoms with van der Waals surface area (Å²) in [6.45, 7) is 7.84. The van der Waals surface area contributed by atoms with Crippen LogP contribution in [0.25, 0.3) is 11.3 Å². The Labute approximate surface area is 170 Å². The number of benzene rings is 2. The van der Waals surface area contributed by atoms with Crippen LogP contribution in [0.1, 0.15) is 40.5 Å². The van der Waals surface area contributed by atoms with E-state index in [9.17, 15) is 14.0 Å². The summed E-state index contributed by atoms with van der Waals surface area (Å²) in [7, 11) is 0. The van der Waals surface area contributed by atoms with Gasteiger partial charge < -0.3 is 9.88 Å². The molecule has 1 aromatic heterocycles. The molecule has 3 aromatic rings. The maximum Gasteiger partial charge on any atom is 0.226 e. The minimum atomic E-state index is -0.317. The number of ketones is 1. The zero-order chi connectivity index (χ0) is 21.1. The molecule has 29 heavy (non-hydrogen) atoms. The van der Waals surface area contributed by atoms with Crippen LogP contribution in [0, 0.1) is 26.6 Å². The van der Waals surface area contributed by atoms with Crippen molar-refractivity contribution in [3.05, 3.63) is 76.7 Å². The van der Waals surface area contributed by atoms with Crippen LogP contribution in [0.2, 0.25) is 0 Å². The van der Waals surface area contributed by atoms with E-state index in [4.69, 9.17) is 0 Å². The summed E-state index contributed by atoms with van der Waals surface area (Å²) >= 11 is 0. The molecule has 0 saturated carbocycles. The first-order chi connectivity index (χ1) is 13.8. The van der Waals surface area contributed by atoms with E-state index in [-0.39, 0.29) is 23.9 Å². The number of Topliss-reactive ketones (excluding diaryl/α,β-unsaturated/α-hetero) is 1. The van der Waals surface area contributed by atoms with Gasteiger partial charge in [-0.2, -0.15) is 0 Å². The van der Waals surface area contributed by atoms with E-state index in [0.717, 1.165) is 28.2 Å². The molecule has 5 heteroatoms. The second kappa shape index (κ2) is 8.43. The SMILES string of the molecule is CC(=O)c1cc(-c2ccc(F)cc2)n(CCC(=O)Nc2ccc(C)c(C)c2)c1C. The zero-order valence-corrected chi connectivity index (χ0v) is 17.2. The molecule has 4 nitrogen and oxygen atoms in total. The number of hydrogen-bond donors (Lipinski definition) is 1. The third-order valence-electron chi connectivity index (χ3n) is 5.24. The fourth-order valence-corrected chi connectivity index (χ4v) is 3.41. The highest BCUT2D eigenvalue weighted by Crippen LogP contribution is 2.27. The molecule has 2 aromatic carbocycles. The first-order valence-corrected chi connectivity index (χ1v) is 9.60. The molecule has 0 aliphatic rings. The number of aryl methyl sites for hydroxylation is 2. The molecule has 0 unspecified atom stereocenters. The Kier molecular flexibility index (Phi) is 5.97. The van der Waals surface area contributed by atoms with E-state index in [1.807, 2.05) is 49.6 Å². The Morgan fingerprint density at radius 2 is 1.66 bits per heavy atom. The van der Waals surface area contributed by atoms with Crippen molar-refractivity contribution in [3.8, 4) is 11.3 Å². The van der Waals surface area contributed by atoms with Crippen LogP contribution >= 0.6 is 0 Å². The van der Waals surface area contributed by atoms with Crippen molar-refractivity contribution in [1.29, 1.82) is 0 Å². The number of hydrogen-bond acceptors (Lipinski definition) is 2. The number of nitrogens with zero attached hydrogens (tertiary/aromatic N) is 1. The lowest BCUT2D eigenvalue weighted by atomic mass is 10.1. The highest BCUT2D eigenvalue weighted by molar-refractivity contribution is 5.97. The topological polar surface area (TPSA) is 51.1 Å². The van der Waals surface area contributed by atoms with Crippen LogP contribution in [0.4, 0.5) is 10.1 Å². The summed E-state index contributed by atoms with van der Waals surface area (Å²) in [4.78, 5) is 24.5. The average Bonchev–Trinajstić information content (AvgIpc) is 3.00. The minimum absolute atomic E-state index is 0.0378. The number of halogens is 1. The fourth-order valence-electron chi connectivity index (χ4n) is 3.41. The van der Waals surface area contributed by atoms with E-state index >= 15 is 0 Å². The monoisotopic (exact) mass is 392 g/mol. The highest BCUT2D eigenvalue weighted by atomic mass is 19.1. The van der Waals surface area contributed by atoms with Gasteiger partial charge in [-0.3, -0.25) is 9.59 Å². The molecule has 0 fully saturated rings. The first kappa shape index (κ1) is 20.5. The molecule has 1 heterocycles. The smallest absolute Gasteiger partial charge is 0.226 e. The predicted molar refractivity (Wildman–Crippen MR) is 114 cm³/mol. The van der Waals surface area contributed by atoms with Crippen molar-refractivity contribution < 1.29 is 14.0 Å². The standard InChI is InChI=1S/C24H25FN2O2/c1-15-5-10-21(13-16(15)2)26-24(29)11-12-27-17(3)22(18(4)28)14-23(27)19-6-8-20(25)9-7-19/h5-10,13-14H,11-12H2,1-4H3,(H,26,29). The van der Waals surface area contributed by atoms with Crippen LogP contribution in [0.5, 0.6) is 0 Å². The number of nitrogens with one attached hydrogen (secondary N) is 1. The predicted octanol–water partition coefficient (Wildman–Crippen LogP) is 5.45. The van der Waals surface area contributed by atoms with Gasteiger partial charge in [0.2, 0.25) is 5.91 Å². The van der Waals surface area contributed by atoms with Crippen molar-refractivity contribution >= 4 is 17.4 Å². The van der Waals surface area contributed by atoms with E-state index in [1.165, 1.54) is 24.6 Å². The number of carbonyl (C=O) groups excluding carboxylic acids is 2. The number of amides is 1. The Morgan fingerprint density at radius 1 is 0.966 bits per heavy atom. The van der Waals surface area contributed by atoms with E-state index in [0.29, 0.717) is 12.1 Å². The number of carbonyl (C=O) groups is 2. The average molecular weight is 392 g/mol. The van der Waals surface area contributed by atoms with Crippen molar-refractivity contribution in [1.82, 2.24) is 4.57 Å². The summed E-state index contributed by atoms with van der Waals surface area (Å²) in [5.41, 5.74) is 6.07. The van der Waals surface area contributed by atoms with Crippen LogP contribution in [-0.4, -0.2) is 16.3 Å². The molecule has 0 atom stereocenters. The highest BCUT2D eigenvalue weighted by Gasteiger charge is 2.17. The summed E-state index contributed by atoms with van der Waals surface area (Å²) in [5, 5.41) is 2.93. The number of rotatable bonds is 6. The summed E-state index contributed by atoms with van der Waals surface area (Å²) < 4.78 is 15.3. The third-order valence-corrected chi connectivity index (χ3v) is 5.24. The quantitative estimate of drug-likeness (QED) is 0.567. The minimum Gasteiger partial charge on any atom is -0.344 e. The van der Waals surface area contributed by atoms with Crippen molar-refractivity contribution in [2.45, 2.75) is 40.7 Å². The normalized spacial score (nSPS) is 10.8. The molecule has 0 spiro atoms. The van der Waals surface area contributed by atoms with Gasteiger partial charge in [0, 0.05) is 35.6 Å². The van der Waals surface area contributed by atoms with Gasteiger partial charge in [0.05, 0.1) is 0 Å². The van der Waals surface area contributed by atoms with Gasteiger partial charge in [0.15, 0.2) is 5.78 Å². The Bertz CT molecular complexity index is 1070. The van der Waals surface area contributed by atoms with Crippen molar-refractivity contribution in [2.24, 2.45) is 0 Å². The molecule has 3 rings (SSSR count). The summed E-state index contributed by atoms with van der Waals surface area (Å²) in [6.07, 6.45) is 0.258. The molecular weight excluding hydrogens is 367 g/mol. The number of aromatic nitrogens is 1. The van der Waals surface area contributed by atoms with E-state index in [2.05, 4.69) is 5.32 Å². The molecule has 0 saturated heterocycles. The van der Waals surface area contributed by atoms with Crippen LogP contribution in [0.15, 0.2) is 48.5 Å². The van der Waals surface area contributed by atoms with Gasteiger partial charge in [-0.1, -0.05) is 6.07 Å². The Hall–Kier alpha value is -3.21. The third kappa shape index (κ3) is 4.62. The van der Waals surface area contributed by atoms with E-state index < -0.39 is 0 Å². The first-order valence-electron chi connectivity index (χ1n) is 9.60. The summed E-state index contributed by atoms with van der Waals surface area (Å²) in [5.74, 6) is -0.455. The largest absolute Gasteiger partial charge is 0.344 e. The maximum atomic E-state index is 13.3. The lowest BCUT2D eigenvalue weighted by Crippen LogP contribution is -2.15. The fraction of sp³-hybridized carbons (Fsp3) is 0.250. The molecular formula is C24H25FN2O2. The lowest BCUT2D eigenvalue weighted by Gasteiger charge is -2.13. The maximum absolute atomic E-state index is 13.3. The van der Waals surface area contributed by atoms with Crippen molar-refractivity contribution in [3.63, 3.8) is 0 Å². The molecule has 0 aliphatic carbocycles. The summed E-state index contributed by atoms with van der Waals surface area (Å²) in [6, 6.07) is 13.8. The van der Waals surface area contributed by atoms with Gasteiger partial charge in [-0.05, 0) is 86.8 Å². The zero-order valence-electron chi connectivity index (χ0n) is 17.2. The molecule has 0 radical (unpaired) electrons. The molecule has 0 aliphatic heterocycles. The number of anilines is 1. The molecule has 1 N–H and O–H groups in total. The van der Waals surface area contributed by atoms with E-state index in [1.54, 1.807) is 12.1 Å². The molecule has 150 valence electrons. The van der Waals surface area contributed by atoms with Gasteiger partial charge in [-0.25, -0.2) is 4.39 Å². The Balaban J connectivity index is 1.82. The van der Waals surface area contributed by atoms with Gasteiger partial charge >= 0.3 is 0 Å². The molecule has 1 amide bonds. The van der Waals surface area contributed by atoms with Crippen LogP contribution < -0.4 is 5.32 Å².